The minimum Gasteiger partial charge on any atom is -0.326 e. The summed E-state index contributed by atoms with van der Waals surface area (Å²) < 4.78 is 14.1. The molecule has 3 heteroatoms. The number of benzene rings is 1. The number of fused-ring (bicyclic) bond motifs is 1. The molecule has 0 unspecified atom stereocenters. The van der Waals surface area contributed by atoms with Crippen molar-refractivity contribution in [2.45, 2.75) is 26.8 Å². The van der Waals surface area contributed by atoms with Crippen LogP contribution in [0.5, 0.6) is 0 Å². The minimum atomic E-state index is -0.173. The van der Waals surface area contributed by atoms with Gasteiger partial charge in [-0.3, -0.25) is 0 Å². The van der Waals surface area contributed by atoms with Gasteiger partial charge in [-0.1, -0.05) is 19.9 Å². The maximum atomic E-state index is 13.1. The topological polar surface area (TPSA) is 26.0 Å². The van der Waals surface area contributed by atoms with Crippen molar-refractivity contribution in [3.63, 3.8) is 0 Å². The lowest BCUT2D eigenvalue weighted by atomic mass is 10.00. The fraction of sp³-hybridized carbons (Fsp3) is 0.385. The summed E-state index contributed by atoms with van der Waals surface area (Å²) in [6.07, 6.45) is 1.01. The fourth-order valence-electron chi connectivity index (χ4n) is 1.97. The Hall–Kier alpha value is -0.930. The molecule has 0 amide bonds. The fourth-order valence-corrected chi connectivity index (χ4v) is 3.11. The maximum Gasteiger partial charge on any atom is 0.124 e. The highest BCUT2D eigenvalue weighted by molar-refractivity contribution is 7.19. The van der Waals surface area contributed by atoms with Gasteiger partial charge in [0.15, 0.2) is 0 Å². The second-order valence-electron chi connectivity index (χ2n) is 4.45. The summed E-state index contributed by atoms with van der Waals surface area (Å²) in [5, 5.41) is 1.17. The van der Waals surface area contributed by atoms with Crippen molar-refractivity contribution in [3.8, 4) is 0 Å². The Morgan fingerprint density at radius 3 is 2.75 bits per heavy atom. The van der Waals surface area contributed by atoms with E-state index in [2.05, 4.69) is 13.8 Å². The zero-order valence-corrected chi connectivity index (χ0v) is 10.4. The van der Waals surface area contributed by atoms with Gasteiger partial charge in [-0.2, -0.15) is 0 Å². The standard InChI is InChI=1S/C13H16FNS/c1-8(2)5-11-10-4-3-9(14)6-12(10)16-13(11)7-15/h3-4,6,8H,5,7,15H2,1-2H3. The molecule has 2 rings (SSSR count). The van der Waals surface area contributed by atoms with Crippen LogP contribution in [0.2, 0.25) is 0 Å². The second kappa shape index (κ2) is 4.52. The largest absolute Gasteiger partial charge is 0.326 e. The smallest absolute Gasteiger partial charge is 0.124 e. The Morgan fingerprint density at radius 2 is 2.12 bits per heavy atom. The molecule has 2 N–H and O–H groups in total. The molecule has 0 fully saturated rings. The summed E-state index contributed by atoms with van der Waals surface area (Å²) >= 11 is 1.62. The predicted molar refractivity (Wildman–Crippen MR) is 68.2 cm³/mol. The number of rotatable bonds is 3. The third-order valence-electron chi connectivity index (χ3n) is 2.64. The molecule has 0 aliphatic heterocycles. The quantitative estimate of drug-likeness (QED) is 0.865. The van der Waals surface area contributed by atoms with Gasteiger partial charge in [0.1, 0.15) is 5.82 Å². The van der Waals surface area contributed by atoms with Crippen LogP contribution in [-0.4, -0.2) is 0 Å². The molecular formula is C13H16FNS. The first-order valence-electron chi connectivity index (χ1n) is 5.51. The molecule has 0 radical (unpaired) electrons. The molecule has 1 heterocycles. The molecule has 0 atom stereocenters. The van der Waals surface area contributed by atoms with Crippen LogP contribution >= 0.6 is 11.3 Å². The first-order chi connectivity index (χ1) is 7.61. The van der Waals surface area contributed by atoms with Crippen molar-refractivity contribution in [3.05, 3.63) is 34.5 Å². The van der Waals surface area contributed by atoms with E-state index in [-0.39, 0.29) is 5.82 Å². The van der Waals surface area contributed by atoms with E-state index in [1.54, 1.807) is 17.4 Å². The van der Waals surface area contributed by atoms with Crippen LogP contribution in [0.1, 0.15) is 24.3 Å². The molecule has 86 valence electrons. The summed E-state index contributed by atoms with van der Waals surface area (Å²) in [6.45, 7) is 4.92. The van der Waals surface area contributed by atoms with Crippen molar-refractivity contribution in [2.75, 3.05) is 0 Å². The highest BCUT2D eigenvalue weighted by Crippen LogP contribution is 2.33. The van der Waals surface area contributed by atoms with E-state index in [1.807, 2.05) is 6.07 Å². The molecule has 0 spiro atoms. The Bertz CT molecular complexity index is 502. The van der Waals surface area contributed by atoms with Gasteiger partial charge in [-0.05, 0) is 35.4 Å². The molecule has 0 saturated heterocycles. The van der Waals surface area contributed by atoms with Crippen LogP contribution in [0.25, 0.3) is 10.1 Å². The van der Waals surface area contributed by atoms with Crippen LogP contribution in [0.15, 0.2) is 18.2 Å². The van der Waals surface area contributed by atoms with E-state index < -0.39 is 0 Å². The van der Waals surface area contributed by atoms with E-state index in [9.17, 15) is 4.39 Å². The van der Waals surface area contributed by atoms with Crippen molar-refractivity contribution < 1.29 is 4.39 Å². The Kier molecular flexibility index (Phi) is 3.26. The van der Waals surface area contributed by atoms with Crippen LogP contribution < -0.4 is 5.73 Å². The molecule has 0 aliphatic carbocycles. The predicted octanol–water partition coefficient (Wildman–Crippen LogP) is 3.70. The van der Waals surface area contributed by atoms with Gasteiger partial charge in [0.25, 0.3) is 0 Å². The summed E-state index contributed by atoms with van der Waals surface area (Å²) in [6, 6.07) is 5.00. The maximum absolute atomic E-state index is 13.1. The van der Waals surface area contributed by atoms with Gasteiger partial charge in [0.2, 0.25) is 0 Å². The monoisotopic (exact) mass is 237 g/mol. The third kappa shape index (κ3) is 2.11. The lowest BCUT2D eigenvalue weighted by Crippen LogP contribution is -2.00. The van der Waals surface area contributed by atoms with Crippen LogP contribution in [0.4, 0.5) is 4.39 Å². The first-order valence-corrected chi connectivity index (χ1v) is 6.33. The molecule has 0 bridgehead atoms. The number of halogens is 1. The molecular weight excluding hydrogens is 221 g/mol. The van der Waals surface area contributed by atoms with E-state index in [4.69, 9.17) is 5.73 Å². The molecule has 16 heavy (non-hydrogen) atoms. The minimum absolute atomic E-state index is 0.173. The summed E-state index contributed by atoms with van der Waals surface area (Å²) in [7, 11) is 0. The summed E-state index contributed by atoms with van der Waals surface area (Å²) in [5.41, 5.74) is 7.05. The molecule has 0 aliphatic rings. The molecule has 2 aromatic rings. The highest BCUT2D eigenvalue weighted by atomic mass is 32.1. The number of nitrogens with two attached hydrogens (primary N) is 1. The molecule has 1 aromatic carbocycles. The van der Waals surface area contributed by atoms with Gasteiger partial charge in [-0.25, -0.2) is 4.39 Å². The summed E-state index contributed by atoms with van der Waals surface area (Å²) in [5.74, 6) is 0.418. The van der Waals surface area contributed by atoms with Gasteiger partial charge in [0.05, 0.1) is 0 Å². The molecule has 1 nitrogen and oxygen atoms in total. The number of hydrogen-bond donors (Lipinski definition) is 1. The average molecular weight is 237 g/mol. The Morgan fingerprint density at radius 1 is 1.38 bits per heavy atom. The zero-order valence-electron chi connectivity index (χ0n) is 9.59. The third-order valence-corrected chi connectivity index (χ3v) is 3.85. The van der Waals surface area contributed by atoms with E-state index in [1.165, 1.54) is 21.9 Å². The lowest BCUT2D eigenvalue weighted by molar-refractivity contribution is 0.629. The molecule has 1 aromatic heterocycles. The zero-order chi connectivity index (χ0) is 11.7. The van der Waals surface area contributed by atoms with E-state index in [0.29, 0.717) is 12.5 Å². The number of hydrogen-bond acceptors (Lipinski definition) is 2. The van der Waals surface area contributed by atoms with Gasteiger partial charge < -0.3 is 5.73 Å². The number of thiophene rings is 1. The van der Waals surface area contributed by atoms with Crippen molar-refractivity contribution in [1.82, 2.24) is 0 Å². The van der Waals surface area contributed by atoms with Crippen molar-refractivity contribution in [1.29, 1.82) is 0 Å². The van der Waals surface area contributed by atoms with Gasteiger partial charge in [-0.15, -0.1) is 11.3 Å². The van der Waals surface area contributed by atoms with Crippen molar-refractivity contribution >= 4 is 21.4 Å². The van der Waals surface area contributed by atoms with Crippen LogP contribution in [0.3, 0.4) is 0 Å². The highest BCUT2D eigenvalue weighted by Gasteiger charge is 2.12. The SMILES string of the molecule is CC(C)Cc1c(CN)sc2cc(F)ccc12. The Labute approximate surface area is 99.1 Å². The second-order valence-corrected chi connectivity index (χ2v) is 5.58. The van der Waals surface area contributed by atoms with E-state index in [0.717, 1.165) is 11.1 Å². The van der Waals surface area contributed by atoms with E-state index >= 15 is 0 Å². The first kappa shape index (κ1) is 11.6. The van der Waals surface area contributed by atoms with Gasteiger partial charge >= 0.3 is 0 Å². The molecule has 0 saturated carbocycles. The normalized spacial score (nSPS) is 11.6. The van der Waals surface area contributed by atoms with Gasteiger partial charge in [0, 0.05) is 16.1 Å². The average Bonchev–Trinajstić information content (AvgIpc) is 2.55. The van der Waals surface area contributed by atoms with Crippen LogP contribution in [0, 0.1) is 11.7 Å². The summed E-state index contributed by atoms with van der Waals surface area (Å²) in [4.78, 5) is 1.19. The van der Waals surface area contributed by atoms with Crippen molar-refractivity contribution in [2.24, 2.45) is 11.7 Å². The lowest BCUT2D eigenvalue weighted by Gasteiger charge is -2.06. The Balaban J connectivity index is 2.59. The van der Waals surface area contributed by atoms with Crippen LogP contribution in [-0.2, 0) is 13.0 Å².